The summed E-state index contributed by atoms with van der Waals surface area (Å²) in [5.74, 6) is 1.52. The van der Waals surface area contributed by atoms with Crippen LogP contribution in [0.2, 0.25) is 0 Å². The maximum atomic E-state index is 9.58. The van der Waals surface area contributed by atoms with Crippen molar-refractivity contribution in [2.75, 3.05) is 0 Å². The SMILES string of the molecule is Cc1ccc(-c2nc3c(o2)CC(O)CC3)cc1. The molecule has 0 saturated carbocycles. The Morgan fingerprint density at radius 1 is 1.29 bits per heavy atom. The van der Waals surface area contributed by atoms with Crippen LogP contribution in [0, 0.1) is 6.92 Å². The molecule has 3 heteroatoms. The van der Waals surface area contributed by atoms with Crippen LogP contribution in [0.1, 0.15) is 23.4 Å². The number of nitrogens with zero attached hydrogens (tertiary/aromatic N) is 1. The first kappa shape index (κ1) is 10.5. The molecule has 1 atom stereocenters. The zero-order chi connectivity index (χ0) is 11.8. The van der Waals surface area contributed by atoms with Gasteiger partial charge in [0, 0.05) is 12.0 Å². The van der Waals surface area contributed by atoms with E-state index in [1.807, 2.05) is 24.3 Å². The molecular weight excluding hydrogens is 214 g/mol. The van der Waals surface area contributed by atoms with Crippen molar-refractivity contribution < 1.29 is 9.52 Å². The number of benzene rings is 1. The number of oxazole rings is 1. The Kier molecular flexibility index (Phi) is 2.48. The predicted molar refractivity (Wildman–Crippen MR) is 64.7 cm³/mol. The van der Waals surface area contributed by atoms with Gasteiger partial charge >= 0.3 is 0 Å². The average molecular weight is 229 g/mol. The topological polar surface area (TPSA) is 46.3 Å². The lowest BCUT2D eigenvalue weighted by Crippen LogP contribution is -2.17. The van der Waals surface area contributed by atoms with E-state index in [1.54, 1.807) is 0 Å². The summed E-state index contributed by atoms with van der Waals surface area (Å²) >= 11 is 0. The molecule has 1 aromatic heterocycles. The molecule has 3 nitrogen and oxygen atoms in total. The van der Waals surface area contributed by atoms with Crippen LogP contribution in [-0.4, -0.2) is 16.2 Å². The van der Waals surface area contributed by atoms with Gasteiger partial charge < -0.3 is 9.52 Å². The third kappa shape index (κ3) is 1.98. The molecule has 1 aliphatic carbocycles. The Labute approximate surface area is 100 Å². The van der Waals surface area contributed by atoms with Crippen LogP contribution in [0.15, 0.2) is 28.7 Å². The molecule has 17 heavy (non-hydrogen) atoms. The number of aliphatic hydroxyl groups is 1. The van der Waals surface area contributed by atoms with Crippen molar-refractivity contribution >= 4 is 0 Å². The maximum Gasteiger partial charge on any atom is 0.226 e. The third-order valence-electron chi connectivity index (χ3n) is 3.21. The fourth-order valence-corrected chi connectivity index (χ4v) is 2.18. The summed E-state index contributed by atoms with van der Waals surface area (Å²) in [5, 5.41) is 9.58. The van der Waals surface area contributed by atoms with Crippen LogP contribution in [0.5, 0.6) is 0 Å². The van der Waals surface area contributed by atoms with Crippen LogP contribution >= 0.6 is 0 Å². The fourth-order valence-electron chi connectivity index (χ4n) is 2.18. The van der Waals surface area contributed by atoms with E-state index in [0.717, 1.165) is 29.9 Å². The normalized spacial score (nSPS) is 19.1. The number of hydrogen-bond donors (Lipinski definition) is 1. The number of rotatable bonds is 1. The molecule has 0 bridgehead atoms. The lowest BCUT2D eigenvalue weighted by molar-refractivity contribution is 0.150. The largest absolute Gasteiger partial charge is 0.441 e. The number of hydrogen-bond acceptors (Lipinski definition) is 3. The molecule has 0 spiro atoms. The van der Waals surface area contributed by atoms with E-state index in [9.17, 15) is 5.11 Å². The van der Waals surface area contributed by atoms with Crippen molar-refractivity contribution in [3.63, 3.8) is 0 Å². The molecule has 3 rings (SSSR count). The first-order chi connectivity index (χ1) is 8.22. The van der Waals surface area contributed by atoms with Gasteiger partial charge in [0.05, 0.1) is 11.8 Å². The minimum atomic E-state index is -0.277. The lowest BCUT2D eigenvalue weighted by Gasteiger charge is -2.13. The lowest BCUT2D eigenvalue weighted by atomic mass is 9.99. The van der Waals surface area contributed by atoms with Crippen LogP contribution in [-0.2, 0) is 12.8 Å². The molecule has 88 valence electrons. The van der Waals surface area contributed by atoms with Crippen molar-refractivity contribution in [2.45, 2.75) is 32.3 Å². The van der Waals surface area contributed by atoms with E-state index < -0.39 is 0 Å². The summed E-state index contributed by atoms with van der Waals surface area (Å²) in [4.78, 5) is 4.51. The van der Waals surface area contributed by atoms with Gasteiger partial charge in [-0.1, -0.05) is 17.7 Å². The second kappa shape index (κ2) is 4.00. The second-order valence-corrected chi connectivity index (χ2v) is 4.65. The summed E-state index contributed by atoms with van der Waals surface area (Å²) in [5.41, 5.74) is 3.23. The van der Waals surface area contributed by atoms with Crippen LogP contribution in [0.25, 0.3) is 11.5 Å². The Hall–Kier alpha value is -1.61. The monoisotopic (exact) mass is 229 g/mol. The molecule has 0 aliphatic heterocycles. The highest BCUT2D eigenvalue weighted by Crippen LogP contribution is 2.27. The van der Waals surface area contributed by atoms with Crippen molar-refractivity contribution in [1.82, 2.24) is 4.98 Å². The molecule has 1 heterocycles. The number of aromatic nitrogens is 1. The van der Waals surface area contributed by atoms with Gasteiger partial charge in [-0.3, -0.25) is 0 Å². The zero-order valence-electron chi connectivity index (χ0n) is 9.81. The highest BCUT2D eigenvalue weighted by molar-refractivity contribution is 5.54. The Morgan fingerprint density at radius 3 is 2.82 bits per heavy atom. The predicted octanol–water partition coefficient (Wildman–Crippen LogP) is 2.50. The number of aryl methyl sites for hydroxylation is 2. The first-order valence-electron chi connectivity index (χ1n) is 5.96. The van der Waals surface area contributed by atoms with Gasteiger partial charge in [0.25, 0.3) is 0 Å². The summed E-state index contributed by atoms with van der Waals surface area (Å²) in [6, 6.07) is 8.13. The van der Waals surface area contributed by atoms with Gasteiger partial charge in [-0.2, -0.15) is 0 Å². The second-order valence-electron chi connectivity index (χ2n) is 4.65. The first-order valence-corrected chi connectivity index (χ1v) is 5.96. The quantitative estimate of drug-likeness (QED) is 0.817. The van der Waals surface area contributed by atoms with Gasteiger partial charge in [0.15, 0.2) is 0 Å². The summed E-state index contributed by atoms with van der Waals surface area (Å²) in [6.45, 7) is 2.06. The van der Waals surface area contributed by atoms with Crippen LogP contribution < -0.4 is 0 Å². The molecule has 1 aliphatic rings. The Balaban J connectivity index is 1.97. The maximum absolute atomic E-state index is 9.58. The van der Waals surface area contributed by atoms with Crippen LogP contribution in [0.3, 0.4) is 0 Å². The van der Waals surface area contributed by atoms with Gasteiger partial charge in [-0.05, 0) is 31.9 Å². The number of aliphatic hydroxyl groups excluding tert-OH is 1. The molecule has 0 amide bonds. The molecule has 1 aromatic carbocycles. The van der Waals surface area contributed by atoms with Gasteiger partial charge in [-0.25, -0.2) is 4.98 Å². The van der Waals surface area contributed by atoms with E-state index >= 15 is 0 Å². The zero-order valence-corrected chi connectivity index (χ0v) is 9.81. The standard InChI is InChI=1S/C14H15NO2/c1-9-2-4-10(5-3-9)14-15-12-7-6-11(16)8-13(12)17-14/h2-5,11,16H,6-8H2,1H3. The average Bonchev–Trinajstić information content (AvgIpc) is 2.72. The van der Waals surface area contributed by atoms with Crippen molar-refractivity contribution in [3.8, 4) is 11.5 Å². The highest BCUT2D eigenvalue weighted by Gasteiger charge is 2.22. The molecule has 1 N–H and O–H groups in total. The summed E-state index contributed by atoms with van der Waals surface area (Å²) < 4.78 is 5.73. The smallest absolute Gasteiger partial charge is 0.226 e. The number of fused-ring (bicyclic) bond motifs is 1. The molecule has 1 unspecified atom stereocenters. The third-order valence-corrected chi connectivity index (χ3v) is 3.21. The Bertz CT molecular complexity index is 528. The van der Waals surface area contributed by atoms with Crippen molar-refractivity contribution in [1.29, 1.82) is 0 Å². The minimum Gasteiger partial charge on any atom is -0.441 e. The van der Waals surface area contributed by atoms with E-state index in [0.29, 0.717) is 12.3 Å². The van der Waals surface area contributed by atoms with Gasteiger partial charge in [0.2, 0.25) is 5.89 Å². The highest BCUT2D eigenvalue weighted by atomic mass is 16.4. The molecule has 2 aromatic rings. The molecule has 0 fully saturated rings. The molecule has 0 radical (unpaired) electrons. The fraction of sp³-hybridized carbons (Fsp3) is 0.357. The summed E-state index contributed by atoms with van der Waals surface area (Å²) in [7, 11) is 0. The van der Waals surface area contributed by atoms with Gasteiger partial charge in [0.1, 0.15) is 5.76 Å². The molecule has 0 saturated heterocycles. The summed E-state index contributed by atoms with van der Waals surface area (Å²) in [6.07, 6.45) is 1.91. The van der Waals surface area contributed by atoms with Crippen molar-refractivity contribution in [2.24, 2.45) is 0 Å². The van der Waals surface area contributed by atoms with E-state index in [-0.39, 0.29) is 6.10 Å². The van der Waals surface area contributed by atoms with Crippen LogP contribution in [0.4, 0.5) is 0 Å². The van der Waals surface area contributed by atoms with Crippen molar-refractivity contribution in [3.05, 3.63) is 41.3 Å². The van der Waals surface area contributed by atoms with Gasteiger partial charge in [-0.15, -0.1) is 0 Å². The van der Waals surface area contributed by atoms with E-state index in [1.165, 1.54) is 5.56 Å². The Morgan fingerprint density at radius 2 is 2.06 bits per heavy atom. The minimum absolute atomic E-state index is 0.277. The van der Waals surface area contributed by atoms with E-state index in [4.69, 9.17) is 4.42 Å². The molecular formula is C14H15NO2. The van der Waals surface area contributed by atoms with E-state index in [2.05, 4.69) is 11.9 Å².